The van der Waals surface area contributed by atoms with Crippen LogP contribution in [0.3, 0.4) is 0 Å². The Hall–Kier alpha value is -3.21. The Labute approximate surface area is 176 Å². The molecule has 152 valence electrons. The summed E-state index contributed by atoms with van der Waals surface area (Å²) in [6.45, 7) is 1.38. The topological polar surface area (TPSA) is 55.2 Å². The molecule has 5 heteroatoms. The summed E-state index contributed by atoms with van der Waals surface area (Å²) >= 11 is 0. The standard InChI is InChI=1S/C25H25N3O2/c29-24-10-4-9-22-20-14-21(23(28(22)24)12-18-6-2-1-3-7-18)17-27(16-20)25(30)13-19-8-5-11-26-15-19/h1-11,15,20-21,23H,12-14,16-17H2/t20-,21+,23+/m1/s1. The quantitative estimate of drug-likeness (QED) is 0.677. The van der Waals surface area contributed by atoms with Gasteiger partial charge in [0, 0.05) is 49.2 Å². The minimum absolute atomic E-state index is 0.0678. The lowest BCUT2D eigenvalue weighted by Crippen LogP contribution is -2.51. The Morgan fingerprint density at radius 2 is 1.80 bits per heavy atom. The first-order valence-corrected chi connectivity index (χ1v) is 10.6. The van der Waals surface area contributed by atoms with Gasteiger partial charge in [0.25, 0.3) is 5.56 Å². The molecular formula is C25H25N3O2. The van der Waals surface area contributed by atoms with Crippen LogP contribution in [0.4, 0.5) is 0 Å². The van der Waals surface area contributed by atoms with Gasteiger partial charge < -0.3 is 9.47 Å². The van der Waals surface area contributed by atoms with Crippen LogP contribution >= 0.6 is 0 Å². The highest BCUT2D eigenvalue weighted by molar-refractivity contribution is 5.79. The number of hydrogen-bond acceptors (Lipinski definition) is 3. The maximum Gasteiger partial charge on any atom is 0.251 e. The van der Waals surface area contributed by atoms with Crippen molar-refractivity contribution in [2.24, 2.45) is 5.92 Å². The number of aromatic nitrogens is 2. The molecule has 1 aromatic carbocycles. The van der Waals surface area contributed by atoms with Gasteiger partial charge in [0.1, 0.15) is 0 Å². The van der Waals surface area contributed by atoms with Gasteiger partial charge in [-0.05, 0) is 42.0 Å². The Morgan fingerprint density at radius 3 is 2.60 bits per heavy atom. The lowest BCUT2D eigenvalue weighted by molar-refractivity contribution is -0.133. The van der Waals surface area contributed by atoms with Crippen LogP contribution in [-0.2, 0) is 17.6 Å². The van der Waals surface area contributed by atoms with Crippen molar-refractivity contribution in [2.45, 2.75) is 31.2 Å². The van der Waals surface area contributed by atoms with Crippen LogP contribution in [-0.4, -0.2) is 33.4 Å². The molecular weight excluding hydrogens is 374 g/mol. The predicted molar refractivity (Wildman–Crippen MR) is 115 cm³/mol. The normalized spacial score (nSPS) is 22.4. The van der Waals surface area contributed by atoms with Gasteiger partial charge in [-0.2, -0.15) is 0 Å². The first-order chi connectivity index (χ1) is 14.7. The van der Waals surface area contributed by atoms with E-state index in [-0.39, 0.29) is 29.3 Å². The van der Waals surface area contributed by atoms with E-state index >= 15 is 0 Å². The number of carbonyl (C=O) groups excluding carboxylic acids is 1. The molecule has 0 saturated carbocycles. The van der Waals surface area contributed by atoms with Crippen molar-refractivity contribution in [1.29, 1.82) is 0 Å². The van der Waals surface area contributed by atoms with E-state index in [1.807, 2.05) is 45.9 Å². The van der Waals surface area contributed by atoms with Crippen molar-refractivity contribution in [3.8, 4) is 0 Å². The molecule has 30 heavy (non-hydrogen) atoms. The molecule has 5 rings (SSSR count). The summed E-state index contributed by atoms with van der Waals surface area (Å²) in [6.07, 6.45) is 5.69. The zero-order chi connectivity index (χ0) is 20.5. The third-order valence-electron chi connectivity index (χ3n) is 6.52. The lowest BCUT2D eigenvalue weighted by Gasteiger charge is -2.47. The third kappa shape index (κ3) is 3.56. The van der Waals surface area contributed by atoms with E-state index < -0.39 is 0 Å². The van der Waals surface area contributed by atoms with Crippen LogP contribution in [0.15, 0.2) is 77.9 Å². The van der Waals surface area contributed by atoms with Crippen LogP contribution in [0.1, 0.15) is 35.2 Å². The molecule has 2 aliphatic heterocycles. The van der Waals surface area contributed by atoms with Gasteiger partial charge in [0.2, 0.25) is 5.91 Å². The van der Waals surface area contributed by atoms with Gasteiger partial charge in [0.05, 0.1) is 6.42 Å². The fourth-order valence-corrected chi connectivity index (χ4v) is 5.15. The van der Waals surface area contributed by atoms with Crippen LogP contribution in [0.25, 0.3) is 0 Å². The molecule has 5 nitrogen and oxygen atoms in total. The van der Waals surface area contributed by atoms with E-state index in [1.54, 1.807) is 18.5 Å². The summed E-state index contributed by atoms with van der Waals surface area (Å²) in [7, 11) is 0. The van der Waals surface area contributed by atoms with E-state index in [2.05, 4.69) is 23.2 Å². The molecule has 1 fully saturated rings. The molecule has 2 bridgehead atoms. The Bertz CT molecular complexity index is 1090. The Morgan fingerprint density at radius 1 is 0.967 bits per heavy atom. The highest BCUT2D eigenvalue weighted by Crippen LogP contribution is 2.42. The number of carbonyl (C=O) groups is 1. The van der Waals surface area contributed by atoms with Crippen LogP contribution < -0.4 is 5.56 Å². The average Bonchev–Trinajstić information content (AvgIpc) is 2.78. The minimum Gasteiger partial charge on any atom is -0.341 e. The Balaban J connectivity index is 1.45. The summed E-state index contributed by atoms with van der Waals surface area (Å²) in [4.78, 5) is 32.0. The molecule has 2 aliphatic rings. The van der Waals surface area contributed by atoms with Gasteiger partial charge in [-0.1, -0.05) is 42.5 Å². The van der Waals surface area contributed by atoms with Gasteiger partial charge in [-0.3, -0.25) is 14.6 Å². The molecule has 3 aromatic rings. The number of amides is 1. The average molecular weight is 399 g/mol. The zero-order valence-corrected chi connectivity index (χ0v) is 16.9. The summed E-state index contributed by atoms with van der Waals surface area (Å²) in [5.74, 6) is 0.625. The molecule has 1 amide bonds. The SMILES string of the molecule is O=C(Cc1cccnc1)N1C[C@H]2C[C@@H](C1)[C@H](Cc1ccccc1)n1c2cccc1=O. The second kappa shape index (κ2) is 7.90. The largest absolute Gasteiger partial charge is 0.341 e. The van der Waals surface area contributed by atoms with Crippen molar-refractivity contribution >= 4 is 5.91 Å². The Kier molecular flexibility index (Phi) is 4.95. The van der Waals surface area contributed by atoms with Gasteiger partial charge in [-0.15, -0.1) is 0 Å². The summed E-state index contributed by atoms with van der Waals surface area (Å²) in [6, 6.07) is 19.8. The maximum absolute atomic E-state index is 13.1. The van der Waals surface area contributed by atoms with Crippen molar-refractivity contribution in [3.63, 3.8) is 0 Å². The van der Waals surface area contributed by atoms with E-state index in [1.165, 1.54) is 5.56 Å². The monoisotopic (exact) mass is 399 g/mol. The second-order valence-electron chi connectivity index (χ2n) is 8.45. The number of benzene rings is 1. The minimum atomic E-state index is 0.0678. The molecule has 4 heterocycles. The molecule has 0 unspecified atom stereocenters. The van der Waals surface area contributed by atoms with Gasteiger partial charge >= 0.3 is 0 Å². The molecule has 0 N–H and O–H groups in total. The molecule has 0 spiro atoms. The number of fused-ring (bicyclic) bond motifs is 4. The van der Waals surface area contributed by atoms with Gasteiger partial charge in [-0.25, -0.2) is 0 Å². The number of nitrogens with zero attached hydrogens (tertiary/aromatic N) is 3. The smallest absolute Gasteiger partial charge is 0.251 e. The van der Waals surface area contributed by atoms with Gasteiger partial charge in [0.15, 0.2) is 0 Å². The van der Waals surface area contributed by atoms with Crippen molar-refractivity contribution in [1.82, 2.24) is 14.5 Å². The lowest BCUT2D eigenvalue weighted by atomic mass is 9.76. The first kappa shape index (κ1) is 18.8. The number of piperidine rings is 1. The number of rotatable bonds is 4. The zero-order valence-electron chi connectivity index (χ0n) is 16.9. The number of likely N-dealkylation sites (tertiary alicyclic amines) is 1. The fourth-order valence-electron chi connectivity index (χ4n) is 5.15. The molecule has 2 aromatic heterocycles. The first-order valence-electron chi connectivity index (χ1n) is 10.6. The van der Waals surface area contributed by atoms with Crippen LogP contribution in [0.5, 0.6) is 0 Å². The van der Waals surface area contributed by atoms with E-state index in [0.717, 1.165) is 24.1 Å². The van der Waals surface area contributed by atoms with E-state index in [9.17, 15) is 9.59 Å². The molecule has 1 saturated heterocycles. The number of pyridine rings is 2. The maximum atomic E-state index is 13.1. The summed E-state index contributed by atoms with van der Waals surface area (Å²) in [5, 5.41) is 0. The van der Waals surface area contributed by atoms with Crippen LogP contribution in [0, 0.1) is 5.92 Å². The van der Waals surface area contributed by atoms with Crippen molar-refractivity contribution in [3.05, 3.63) is 100 Å². The third-order valence-corrected chi connectivity index (χ3v) is 6.52. The van der Waals surface area contributed by atoms with E-state index in [0.29, 0.717) is 19.5 Å². The highest BCUT2D eigenvalue weighted by atomic mass is 16.2. The molecule has 0 radical (unpaired) electrons. The highest BCUT2D eigenvalue weighted by Gasteiger charge is 2.41. The van der Waals surface area contributed by atoms with Crippen molar-refractivity contribution < 1.29 is 4.79 Å². The molecule has 0 aliphatic carbocycles. The van der Waals surface area contributed by atoms with E-state index in [4.69, 9.17) is 0 Å². The fraction of sp³-hybridized carbons (Fsp3) is 0.320. The number of hydrogen-bond donors (Lipinski definition) is 0. The summed E-state index contributed by atoms with van der Waals surface area (Å²) in [5.41, 5.74) is 3.30. The van der Waals surface area contributed by atoms with Crippen molar-refractivity contribution in [2.75, 3.05) is 13.1 Å². The predicted octanol–water partition coefficient (Wildman–Crippen LogP) is 3.22. The molecule has 3 atom stereocenters. The second-order valence-corrected chi connectivity index (χ2v) is 8.45. The summed E-state index contributed by atoms with van der Waals surface area (Å²) < 4.78 is 2.01. The van der Waals surface area contributed by atoms with Crippen LogP contribution in [0.2, 0.25) is 0 Å².